The molecule has 0 atom stereocenters. The molecule has 4 aromatic rings. The summed E-state index contributed by atoms with van der Waals surface area (Å²) in [6.07, 6.45) is 0.185. The van der Waals surface area contributed by atoms with Crippen LogP contribution in [-0.2, 0) is 6.42 Å². The van der Waals surface area contributed by atoms with Crippen molar-refractivity contribution in [2.45, 2.75) is 26.2 Å². The summed E-state index contributed by atoms with van der Waals surface area (Å²) in [4.78, 5) is 12.8. The van der Waals surface area contributed by atoms with E-state index < -0.39 is 5.63 Å². The fourth-order valence-corrected chi connectivity index (χ4v) is 3.64. The molecular weight excluding hydrogens is 368 g/mol. The Labute approximate surface area is 167 Å². The number of para-hydroxylation sites is 1. The van der Waals surface area contributed by atoms with E-state index in [0.29, 0.717) is 27.5 Å². The van der Waals surface area contributed by atoms with Gasteiger partial charge >= 0.3 is 5.63 Å². The number of methoxy groups -OCH3 is 1. The number of fused-ring (bicyclic) bond motifs is 3. The van der Waals surface area contributed by atoms with E-state index in [2.05, 4.69) is 13.8 Å². The molecule has 0 bridgehead atoms. The second-order valence-corrected chi connectivity index (χ2v) is 7.44. The smallest absolute Gasteiger partial charge is 0.344 e. The van der Waals surface area contributed by atoms with Crippen LogP contribution < -0.4 is 10.4 Å². The Hall–Kier alpha value is -3.47. The van der Waals surface area contributed by atoms with E-state index >= 15 is 0 Å². The van der Waals surface area contributed by atoms with Crippen LogP contribution in [0, 0.1) is 0 Å². The molecule has 0 spiro atoms. The van der Waals surface area contributed by atoms with E-state index in [-0.39, 0.29) is 29.6 Å². The Kier molecular flexibility index (Phi) is 4.66. The maximum absolute atomic E-state index is 12.8. The molecule has 0 fully saturated rings. The lowest BCUT2D eigenvalue weighted by Gasteiger charge is -2.14. The minimum Gasteiger partial charge on any atom is -0.508 e. The van der Waals surface area contributed by atoms with Crippen molar-refractivity contribution in [1.82, 2.24) is 0 Å². The first-order chi connectivity index (χ1) is 13.9. The largest absolute Gasteiger partial charge is 0.508 e. The van der Waals surface area contributed by atoms with Gasteiger partial charge in [0.05, 0.1) is 12.5 Å². The lowest BCUT2D eigenvalue weighted by Crippen LogP contribution is -2.04. The van der Waals surface area contributed by atoms with Gasteiger partial charge in [-0.25, -0.2) is 4.79 Å². The van der Waals surface area contributed by atoms with Crippen LogP contribution in [0.25, 0.3) is 21.7 Å². The summed E-state index contributed by atoms with van der Waals surface area (Å²) in [5, 5.41) is 22.8. The molecule has 148 valence electrons. The number of phenols is 2. The third kappa shape index (κ3) is 3.18. The second kappa shape index (κ2) is 7.17. The molecule has 4 rings (SSSR count). The molecule has 0 aliphatic carbocycles. The molecule has 5 heteroatoms. The first-order valence-electron chi connectivity index (χ1n) is 9.47. The molecule has 0 aliphatic heterocycles. The molecule has 0 radical (unpaired) electrons. The van der Waals surface area contributed by atoms with Crippen molar-refractivity contribution in [2.24, 2.45) is 0 Å². The number of aromatic hydroxyl groups is 2. The molecule has 0 amide bonds. The van der Waals surface area contributed by atoms with Crippen LogP contribution in [0.3, 0.4) is 0 Å². The van der Waals surface area contributed by atoms with Crippen LogP contribution in [0.2, 0.25) is 0 Å². The molecule has 0 aliphatic rings. The fraction of sp³-hybridized carbons (Fsp3) is 0.208. The Morgan fingerprint density at radius 3 is 2.45 bits per heavy atom. The molecule has 1 heterocycles. The summed E-state index contributed by atoms with van der Waals surface area (Å²) in [6, 6.07) is 14.3. The molecule has 0 saturated heterocycles. The van der Waals surface area contributed by atoms with Gasteiger partial charge in [0.2, 0.25) is 0 Å². The van der Waals surface area contributed by atoms with Gasteiger partial charge in [-0.2, -0.15) is 0 Å². The van der Waals surface area contributed by atoms with E-state index in [0.717, 1.165) is 10.9 Å². The third-order valence-corrected chi connectivity index (χ3v) is 5.31. The van der Waals surface area contributed by atoms with Crippen molar-refractivity contribution in [3.8, 4) is 17.2 Å². The molecule has 1 aromatic heterocycles. The van der Waals surface area contributed by atoms with E-state index in [1.165, 1.54) is 7.11 Å². The summed E-state index contributed by atoms with van der Waals surface area (Å²) in [7, 11) is 1.48. The molecule has 5 nitrogen and oxygen atoms in total. The van der Waals surface area contributed by atoms with Crippen LogP contribution in [0.15, 0.2) is 57.7 Å². The summed E-state index contributed by atoms with van der Waals surface area (Å²) in [5.74, 6) is 0.559. The van der Waals surface area contributed by atoms with Gasteiger partial charge in [-0.15, -0.1) is 0 Å². The van der Waals surface area contributed by atoms with Crippen molar-refractivity contribution in [3.63, 3.8) is 0 Å². The quantitative estimate of drug-likeness (QED) is 0.375. The lowest BCUT2D eigenvalue weighted by molar-refractivity contribution is 0.371. The molecule has 2 N–H and O–H groups in total. The number of hydrogen-bond donors (Lipinski definition) is 2. The normalized spacial score (nSPS) is 11.4. The minimum absolute atomic E-state index is 0.104. The Morgan fingerprint density at radius 1 is 1.00 bits per heavy atom. The van der Waals surface area contributed by atoms with Crippen LogP contribution in [0.4, 0.5) is 0 Å². The van der Waals surface area contributed by atoms with Gasteiger partial charge in [0.25, 0.3) is 0 Å². The Morgan fingerprint density at radius 2 is 1.76 bits per heavy atom. The lowest BCUT2D eigenvalue weighted by atomic mass is 9.95. The fourth-order valence-electron chi connectivity index (χ4n) is 3.64. The summed E-state index contributed by atoms with van der Waals surface area (Å²) in [5.41, 5.74) is 1.88. The number of rotatable bonds is 4. The zero-order valence-electron chi connectivity index (χ0n) is 16.5. The van der Waals surface area contributed by atoms with Gasteiger partial charge in [-0.3, -0.25) is 0 Å². The van der Waals surface area contributed by atoms with E-state index in [1.807, 2.05) is 18.2 Å². The van der Waals surface area contributed by atoms with Crippen LogP contribution in [0.5, 0.6) is 17.2 Å². The van der Waals surface area contributed by atoms with E-state index in [4.69, 9.17) is 9.15 Å². The number of phenolic OH excluding ortho intramolecular Hbond substituents is 2. The molecular formula is C24H22O5. The average molecular weight is 390 g/mol. The minimum atomic E-state index is -0.460. The maximum atomic E-state index is 12.8. The standard InChI is InChI=1S/C24H22O5/c1-13(2)14-8-9-16-17-12-21(28-3)22(26)19(11-15-6-4-5-7-20(15)25)23(17)29-24(27)18(16)10-14/h4-10,12-13,25-26H,11H2,1-3H3. The highest BCUT2D eigenvalue weighted by molar-refractivity contribution is 6.06. The van der Waals surface area contributed by atoms with Gasteiger partial charge in [-0.1, -0.05) is 44.2 Å². The molecule has 29 heavy (non-hydrogen) atoms. The SMILES string of the molecule is COc1cc2c(oc(=O)c3cc(C(C)C)ccc32)c(Cc2ccccc2O)c1O. The number of hydrogen-bond acceptors (Lipinski definition) is 5. The van der Waals surface area contributed by atoms with Gasteiger partial charge in [0.15, 0.2) is 11.5 Å². The summed E-state index contributed by atoms with van der Waals surface area (Å²) < 4.78 is 11.1. The van der Waals surface area contributed by atoms with Crippen LogP contribution in [0.1, 0.15) is 36.5 Å². The predicted octanol–water partition coefficient (Wildman–Crippen LogP) is 5.08. The van der Waals surface area contributed by atoms with E-state index in [9.17, 15) is 15.0 Å². The van der Waals surface area contributed by atoms with E-state index in [1.54, 1.807) is 30.3 Å². The van der Waals surface area contributed by atoms with Crippen LogP contribution >= 0.6 is 0 Å². The number of benzene rings is 3. The Bertz CT molecular complexity index is 1280. The highest BCUT2D eigenvalue weighted by Gasteiger charge is 2.20. The highest BCUT2D eigenvalue weighted by atomic mass is 16.5. The van der Waals surface area contributed by atoms with Crippen LogP contribution in [-0.4, -0.2) is 17.3 Å². The monoisotopic (exact) mass is 390 g/mol. The summed E-state index contributed by atoms with van der Waals surface area (Å²) >= 11 is 0. The zero-order valence-corrected chi connectivity index (χ0v) is 16.5. The highest BCUT2D eigenvalue weighted by Crippen LogP contribution is 2.40. The van der Waals surface area contributed by atoms with Gasteiger partial charge < -0.3 is 19.4 Å². The predicted molar refractivity (Wildman–Crippen MR) is 113 cm³/mol. The topological polar surface area (TPSA) is 79.9 Å². The Balaban J connectivity index is 2.06. The molecule has 0 unspecified atom stereocenters. The van der Waals surface area contributed by atoms with Crippen molar-refractivity contribution in [1.29, 1.82) is 0 Å². The molecule has 3 aromatic carbocycles. The van der Waals surface area contributed by atoms with Gasteiger partial charge in [0, 0.05) is 22.8 Å². The first kappa shape index (κ1) is 18.9. The first-order valence-corrected chi connectivity index (χ1v) is 9.47. The third-order valence-electron chi connectivity index (χ3n) is 5.31. The second-order valence-electron chi connectivity index (χ2n) is 7.44. The average Bonchev–Trinajstić information content (AvgIpc) is 2.71. The van der Waals surface area contributed by atoms with Crippen molar-refractivity contribution in [2.75, 3.05) is 7.11 Å². The zero-order chi connectivity index (χ0) is 20.7. The van der Waals surface area contributed by atoms with Crippen molar-refractivity contribution < 1.29 is 19.4 Å². The molecule has 0 saturated carbocycles. The summed E-state index contributed by atoms with van der Waals surface area (Å²) in [6.45, 7) is 4.13. The number of ether oxygens (including phenoxy) is 1. The maximum Gasteiger partial charge on any atom is 0.344 e. The van der Waals surface area contributed by atoms with Crippen molar-refractivity contribution in [3.05, 3.63) is 75.6 Å². The van der Waals surface area contributed by atoms with Gasteiger partial charge in [0.1, 0.15) is 11.3 Å². The van der Waals surface area contributed by atoms with Gasteiger partial charge in [-0.05, 0) is 35.2 Å². The van der Waals surface area contributed by atoms with Crippen molar-refractivity contribution >= 4 is 21.7 Å².